The van der Waals surface area contributed by atoms with Crippen LogP contribution < -0.4 is 10.9 Å². The molecule has 0 saturated carbocycles. The maximum absolute atomic E-state index is 9.14. The third-order valence-electron chi connectivity index (χ3n) is 3.14. The molecule has 8 heteroatoms. The van der Waals surface area contributed by atoms with Gasteiger partial charge in [-0.15, -0.1) is 0 Å². The third kappa shape index (κ3) is 2.14. The number of benzene rings is 1. The molecule has 20 heavy (non-hydrogen) atoms. The molecular formula is C12H10B2N2O4. The lowest BCUT2D eigenvalue weighted by atomic mass is 9.80. The van der Waals surface area contributed by atoms with Gasteiger partial charge in [0.15, 0.2) is 0 Å². The molecule has 2 aromatic heterocycles. The summed E-state index contributed by atoms with van der Waals surface area (Å²) in [6.07, 6.45) is 2.76. The van der Waals surface area contributed by atoms with Crippen LogP contribution in [0.2, 0.25) is 0 Å². The zero-order valence-electron chi connectivity index (χ0n) is 10.3. The Balaban J connectivity index is 2.25. The largest absolute Gasteiger partial charge is 0.490 e. The number of nitrogens with zero attached hydrogens (tertiary/aromatic N) is 2. The van der Waals surface area contributed by atoms with Crippen molar-refractivity contribution in [2.75, 3.05) is 0 Å². The molecule has 6 nitrogen and oxygen atoms in total. The minimum absolute atomic E-state index is 0.305. The first-order valence-electron chi connectivity index (χ1n) is 5.97. The van der Waals surface area contributed by atoms with Crippen LogP contribution >= 0.6 is 0 Å². The van der Waals surface area contributed by atoms with Crippen molar-refractivity contribution in [3.63, 3.8) is 0 Å². The number of pyridine rings is 2. The lowest BCUT2D eigenvalue weighted by Gasteiger charge is -2.06. The standard InChI is InChI=1S/C12H10B2N2O4/c17-13(18)9-3-7-1-2-8-4-10(14(19)20)6-16-12(8)11(7)15-5-9/h1-6,17-20H. The molecule has 0 unspecified atom stereocenters. The summed E-state index contributed by atoms with van der Waals surface area (Å²) in [5.41, 5.74) is 1.84. The molecule has 0 saturated heterocycles. The maximum Gasteiger partial charge on any atom is 0.490 e. The zero-order valence-corrected chi connectivity index (χ0v) is 10.3. The number of hydrogen-bond acceptors (Lipinski definition) is 6. The first-order chi connectivity index (χ1) is 9.56. The van der Waals surface area contributed by atoms with E-state index in [0.29, 0.717) is 22.0 Å². The van der Waals surface area contributed by atoms with Gasteiger partial charge in [-0.2, -0.15) is 0 Å². The Hall–Kier alpha value is -1.99. The van der Waals surface area contributed by atoms with Gasteiger partial charge in [-0.05, 0) is 0 Å². The Labute approximate surface area is 114 Å². The van der Waals surface area contributed by atoms with Crippen molar-refractivity contribution in [2.45, 2.75) is 0 Å². The molecule has 4 N–H and O–H groups in total. The molecule has 1 aromatic carbocycles. The monoisotopic (exact) mass is 268 g/mol. The van der Waals surface area contributed by atoms with E-state index in [1.807, 2.05) is 0 Å². The summed E-state index contributed by atoms with van der Waals surface area (Å²) >= 11 is 0. The second-order valence-corrected chi connectivity index (χ2v) is 4.49. The van der Waals surface area contributed by atoms with E-state index in [1.165, 1.54) is 12.4 Å². The number of rotatable bonds is 2. The summed E-state index contributed by atoms with van der Waals surface area (Å²) in [4.78, 5) is 8.40. The molecule has 0 aliphatic heterocycles. The first-order valence-corrected chi connectivity index (χ1v) is 5.97. The van der Waals surface area contributed by atoms with Crippen LogP contribution in [0.1, 0.15) is 0 Å². The van der Waals surface area contributed by atoms with E-state index >= 15 is 0 Å². The highest BCUT2D eigenvalue weighted by Crippen LogP contribution is 2.20. The quantitative estimate of drug-likeness (QED) is 0.321. The SMILES string of the molecule is OB(O)c1cnc2c(ccc3cc(B(O)O)cnc32)c1. The van der Waals surface area contributed by atoms with Gasteiger partial charge in [0, 0.05) is 34.1 Å². The van der Waals surface area contributed by atoms with Crippen molar-refractivity contribution in [2.24, 2.45) is 0 Å². The molecule has 3 aromatic rings. The summed E-state index contributed by atoms with van der Waals surface area (Å²) in [6.45, 7) is 0. The lowest BCUT2D eigenvalue weighted by molar-refractivity contribution is 0.424. The van der Waals surface area contributed by atoms with Gasteiger partial charge in [-0.25, -0.2) is 0 Å². The molecule has 0 spiro atoms. The highest BCUT2D eigenvalue weighted by Gasteiger charge is 2.15. The van der Waals surface area contributed by atoms with E-state index < -0.39 is 14.2 Å². The van der Waals surface area contributed by atoms with Crippen LogP contribution in [0.3, 0.4) is 0 Å². The van der Waals surface area contributed by atoms with Crippen molar-refractivity contribution in [1.29, 1.82) is 0 Å². The summed E-state index contributed by atoms with van der Waals surface area (Å²) in [7, 11) is -3.13. The zero-order chi connectivity index (χ0) is 14.3. The van der Waals surface area contributed by atoms with Crippen molar-refractivity contribution in [1.82, 2.24) is 9.97 Å². The first kappa shape index (κ1) is 13.0. The Kier molecular flexibility index (Phi) is 3.15. The number of fused-ring (bicyclic) bond motifs is 3. The molecule has 0 aliphatic rings. The fourth-order valence-corrected chi connectivity index (χ4v) is 2.11. The molecule has 0 amide bonds. The Morgan fingerprint density at radius 1 is 0.700 bits per heavy atom. The third-order valence-corrected chi connectivity index (χ3v) is 3.14. The lowest BCUT2D eigenvalue weighted by Crippen LogP contribution is -2.30. The molecule has 0 atom stereocenters. The van der Waals surface area contributed by atoms with Gasteiger partial charge in [0.05, 0.1) is 11.0 Å². The van der Waals surface area contributed by atoms with Crippen LogP contribution in [-0.4, -0.2) is 44.3 Å². The Morgan fingerprint density at radius 3 is 1.45 bits per heavy atom. The van der Waals surface area contributed by atoms with Crippen molar-refractivity contribution >= 4 is 47.0 Å². The average molecular weight is 268 g/mol. The molecule has 3 rings (SSSR count). The number of hydrogen-bond donors (Lipinski definition) is 4. The van der Waals surface area contributed by atoms with Crippen LogP contribution in [0.15, 0.2) is 36.7 Å². The summed E-state index contributed by atoms with van der Waals surface area (Å²) in [6, 6.07) is 6.80. The van der Waals surface area contributed by atoms with Gasteiger partial charge < -0.3 is 20.1 Å². The normalized spacial score (nSPS) is 11.0. The summed E-state index contributed by atoms with van der Waals surface area (Å²) in [5.74, 6) is 0. The van der Waals surface area contributed by atoms with Gasteiger partial charge in [0.25, 0.3) is 0 Å². The number of aromatic nitrogens is 2. The Bertz CT molecular complexity index is 728. The van der Waals surface area contributed by atoms with Crippen molar-refractivity contribution in [3.05, 3.63) is 36.7 Å². The van der Waals surface area contributed by atoms with Crippen molar-refractivity contribution in [3.8, 4) is 0 Å². The van der Waals surface area contributed by atoms with Gasteiger partial charge in [0.1, 0.15) is 0 Å². The predicted octanol–water partition coefficient (Wildman–Crippen LogP) is -1.86. The molecule has 0 bridgehead atoms. The van der Waals surface area contributed by atoms with Gasteiger partial charge in [-0.3, -0.25) is 9.97 Å². The fourth-order valence-electron chi connectivity index (χ4n) is 2.11. The van der Waals surface area contributed by atoms with E-state index in [9.17, 15) is 0 Å². The molecule has 0 radical (unpaired) electrons. The molecule has 98 valence electrons. The minimum atomic E-state index is -1.57. The van der Waals surface area contributed by atoms with Gasteiger partial charge in [-0.1, -0.05) is 24.3 Å². The molecule has 2 heterocycles. The predicted molar refractivity (Wildman–Crippen MR) is 76.7 cm³/mol. The topological polar surface area (TPSA) is 107 Å². The van der Waals surface area contributed by atoms with Crippen molar-refractivity contribution < 1.29 is 20.1 Å². The molecule has 0 fully saturated rings. The second kappa shape index (κ2) is 4.84. The molecular weight excluding hydrogens is 258 g/mol. The van der Waals surface area contributed by atoms with Crippen LogP contribution in [0.5, 0.6) is 0 Å². The average Bonchev–Trinajstić information content (AvgIpc) is 2.45. The Morgan fingerprint density at radius 2 is 1.10 bits per heavy atom. The van der Waals surface area contributed by atoms with E-state index in [1.54, 1.807) is 24.3 Å². The summed E-state index contributed by atoms with van der Waals surface area (Å²) < 4.78 is 0. The highest BCUT2D eigenvalue weighted by atomic mass is 16.4. The van der Waals surface area contributed by atoms with E-state index in [0.717, 1.165) is 10.8 Å². The van der Waals surface area contributed by atoms with Crippen LogP contribution in [0.25, 0.3) is 21.8 Å². The van der Waals surface area contributed by atoms with E-state index in [-0.39, 0.29) is 0 Å². The smallest absolute Gasteiger partial charge is 0.423 e. The van der Waals surface area contributed by atoms with Crippen LogP contribution in [0.4, 0.5) is 0 Å². The fraction of sp³-hybridized carbons (Fsp3) is 0. The molecule has 0 aliphatic carbocycles. The van der Waals surface area contributed by atoms with Gasteiger partial charge >= 0.3 is 14.2 Å². The van der Waals surface area contributed by atoms with Gasteiger partial charge in [0.2, 0.25) is 0 Å². The second-order valence-electron chi connectivity index (χ2n) is 4.49. The van der Waals surface area contributed by atoms with Crippen LogP contribution in [-0.2, 0) is 0 Å². The van der Waals surface area contributed by atoms with Crippen LogP contribution in [0, 0.1) is 0 Å². The maximum atomic E-state index is 9.14. The highest BCUT2D eigenvalue weighted by molar-refractivity contribution is 6.59. The van der Waals surface area contributed by atoms with E-state index in [2.05, 4.69) is 9.97 Å². The minimum Gasteiger partial charge on any atom is -0.423 e. The summed E-state index contributed by atoms with van der Waals surface area (Å²) in [5, 5.41) is 38.0. The van der Waals surface area contributed by atoms with E-state index in [4.69, 9.17) is 20.1 Å².